The number of anilines is 1. The third-order valence-electron chi connectivity index (χ3n) is 5.23. The Hall–Kier alpha value is -4.34. The maximum atomic E-state index is 12.4. The van der Waals surface area contributed by atoms with Crippen LogP contribution in [0.4, 0.5) is 5.82 Å². The normalized spacial score (nSPS) is 11.7. The van der Waals surface area contributed by atoms with Gasteiger partial charge in [0.05, 0.1) is 20.8 Å². The minimum Gasteiger partial charge on any atom is -0.469 e. The Kier molecular flexibility index (Phi) is 7.07. The summed E-state index contributed by atoms with van der Waals surface area (Å²) in [5.74, 6) is -0.192. The topological polar surface area (TPSA) is 121 Å². The van der Waals surface area contributed by atoms with Crippen LogP contribution < -0.4 is 5.32 Å². The summed E-state index contributed by atoms with van der Waals surface area (Å²) in [7, 11) is 2.59. The average molecular weight is 460 g/mol. The van der Waals surface area contributed by atoms with Gasteiger partial charge >= 0.3 is 11.9 Å². The van der Waals surface area contributed by atoms with Crippen LogP contribution in [0.1, 0.15) is 18.4 Å². The molecular weight excluding hydrogens is 436 g/mol. The summed E-state index contributed by atoms with van der Waals surface area (Å²) in [6.45, 7) is 0.463. The van der Waals surface area contributed by atoms with E-state index in [0.717, 1.165) is 11.1 Å². The van der Waals surface area contributed by atoms with Crippen LogP contribution in [0.25, 0.3) is 22.6 Å². The second kappa shape index (κ2) is 10.5. The minimum atomic E-state index is -0.843. The van der Waals surface area contributed by atoms with Gasteiger partial charge in [0.25, 0.3) is 0 Å². The maximum Gasteiger partial charge on any atom is 0.328 e. The Balaban J connectivity index is 1.76. The number of rotatable bonds is 9. The van der Waals surface area contributed by atoms with E-state index in [-0.39, 0.29) is 12.8 Å². The van der Waals surface area contributed by atoms with E-state index in [0.29, 0.717) is 29.4 Å². The number of ether oxygens (including phenoxy) is 2. The highest BCUT2D eigenvalue weighted by molar-refractivity contribution is 5.88. The number of carbonyl (C=O) groups excluding carboxylic acids is 2. The van der Waals surface area contributed by atoms with E-state index in [1.807, 2.05) is 60.7 Å². The molecule has 10 heteroatoms. The van der Waals surface area contributed by atoms with Crippen LogP contribution in [-0.2, 0) is 25.6 Å². The lowest BCUT2D eigenvalue weighted by Crippen LogP contribution is -2.32. The van der Waals surface area contributed by atoms with Gasteiger partial charge in [-0.05, 0) is 12.0 Å². The Labute approximate surface area is 195 Å². The van der Waals surface area contributed by atoms with Gasteiger partial charge in [-0.25, -0.2) is 19.4 Å². The summed E-state index contributed by atoms with van der Waals surface area (Å²) in [5.41, 5.74) is 2.75. The fourth-order valence-corrected chi connectivity index (χ4v) is 3.46. The monoisotopic (exact) mass is 460 g/mol. The van der Waals surface area contributed by atoms with Crippen molar-refractivity contribution in [3.8, 4) is 11.4 Å². The summed E-state index contributed by atoms with van der Waals surface area (Å²) in [4.78, 5) is 33.4. The molecule has 4 rings (SSSR count). The van der Waals surface area contributed by atoms with Gasteiger partial charge in [0.2, 0.25) is 0 Å². The fourth-order valence-electron chi connectivity index (χ4n) is 3.46. The quantitative estimate of drug-likeness (QED) is 0.376. The predicted molar refractivity (Wildman–Crippen MR) is 125 cm³/mol. The van der Waals surface area contributed by atoms with Crippen LogP contribution in [0, 0.1) is 0 Å². The number of nitrogens with one attached hydrogen (secondary N) is 1. The van der Waals surface area contributed by atoms with Gasteiger partial charge in [-0.3, -0.25) is 4.79 Å². The molecular formula is C24H24N6O4. The van der Waals surface area contributed by atoms with Gasteiger partial charge in [-0.1, -0.05) is 65.9 Å². The molecule has 0 saturated carbocycles. The Bertz CT molecular complexity index is 1280. The molecule has 174 valence electrons. The second-order valence-corrected chi connectivity index (χ2v) is 7.50. The van der Waals surface area contributed by atoms with E-state index in [1.165, 1.54) is 14.2 Å². The molecule has 4 aromatic rings. The van der Waals surface area contributed by atoms with Crippen molar-refractivity contribution in [2.75, 3.05) is 19.5 Å². The number of esters is 2. The number of hydrogen-bond acceptors (Lipinski definition) is 9. The van der Waals surface area contributed by atoms with Crippen LogP contribution in [0.5, 0.6) is 0 Å². The lowest BCUT2D eigenvalue weighted by atomic mass is 10.1. The average Bonchev–Trinajstić information content (AvgIpc) is 3.29. The number of nitrogens with zero attached hydrogens (tertiary/aromatic N) is 5. The molecule has 0 radical (unpaired) electrons. The zero-order valence-electron chi connectivity index (χ0n) is 18.8. The number of hydrogen-bond donors (Lipinski definition) is 1. The maximum absolute atomic E-state index is 12.4. The van der Waals surface area contributed by atoms with E-state index in [2.05, 4.69) is 20.6 Å². The molecule has 1 unspecified atom stereocenters. The molecule has 0 aliphatic heterocycles. The molecule has 1 N–H and O–H groups in total. The van der Waals surface area contributed by atoms with Gasteiger partial charge in [0.15, 0.2) is 22.8 Å². The summed E-state index contributed by atoms with van der Waals surface area (Å²) < 4.78 is 11.3. The molecule has 2 heterocycles. The summed E-state index contributed by atoms with van der Waals surface area (Å²) in [5, 5.41) is 11.7. The molecule has 2 aromatic carbocycles. The van der Waals surface area contributed by atoms with Crippen molar-refractivity contribution >= 4 is 28.9 Å². The van der Waals surface area contributed by atoms with Gasteiger partial charge in [-0.2, -0.15) is 0 Å². The van der Waals surface area contributed by atoms with Gasteiger partial charge in [-0.15, -0.1) is 5.10 Å². The molecule has 0 amide bonds. The molecule has 1 atom stereocenters. The van der Waals surface area contributed by atoms with Crippen LogP contribution in [0.2, 0.25) is 0 Å². The lowest BCUT2D eigenvalue weighted by Gasteiger charge is -2.17. The first-order chi connectivity index (χ1) is 16.6. The van der Waals surface area contributed by atoms with Gasteiger partial charge in [0.1, 0.15) is 6.04 Å². The number of methoxy groups -OCH3 is 2. The SMILES string of the molecule is COC(=O)CCC(Nc1nc(-c2ccccc2)nc2c1nnn2Cc1ccccc1)C(=O)OC. The number of carbonyl (C=O) groups is 2. The van der Waals surface area contributed by atoms with Crippen molar-refractivity contribution in [1.82, 2.24) is 25.0 Å². The molecule has 0 aliphatic rings. The number of benzene rings is 2. The van der Waals surface area contributed by atoms with E-state index in [1.54, 1.807) is 4.68 Å². The Morgan fingerprint density at radius 2 is 1.68 bits per heavy atom. The molecule has 0 bridgehead atoms. The van der Waals surface area contributed by atoms with Crippen molar-refractivity contribution in [3.63, 3.8) is 0 Å². The molecule has 10 nitrogen and oxygen atoms in total. The standard InChI is InChI=1S/C24H24N6O4/c1-33-19(31)14-13-18(24(32)34-2)25-22-20-23(27-21(26-22)17-11-7-4-8-12-17)30(29-28-20)15-16-9-5-3-6-10-16/h3-12,18H,13-15H2,1-2H3,(H,25,26,27). The minimum absolute atomic E-state index is 0.0315. The highest BCUT2D eigenvalue weighted by atomic mass is 16.5. The zero-order valence-corrected chi connectivity index (χ0v) is 18.8. The Morgan fingerprint density at radius 3 is 2.35 bits per heavy atom. The molecule has 0 saturated heterocycles. The van der Waals surface area contributed by atoms with Crippen LogP contribution in [-0.4, -0.2) is 57.2 Å². The largest absolute Gasteiger partial charge is 0.469 e. The van der Waals surface area contributed by atoms with Crippen LogP contribution >= 0.6 is 0 Å². The molecule has 0 fully saturated rings. The zero-order chi connectivity index (χ0) is 23.9. The van der Waals surface area contributed by atoms with Gasteiger partial charge < -0.3 is 14.8 Å². The van der Waals surface area contributed by atoms with E-state index in [9.17, 15) is 9.59 Å². The first-order valence-electron chi connectivity index (χ1n) is 10.7. The van der Waals surface area contributed by atoms with Crippen molar-refractivity contribution in [2.24, 2.45) is 0 Å². The molecule has 2 aromatic heterocycles. The first kappa shape index (κ1) is 22.8. The second-order valence-electron chi connectivity index (χ2n) is 7.50. The molecule has 34 heavy (non-hydrogen) atoms. The lowest BCUT2D eigenvalue weighted by molar-refractivity contribution is -0.143. The predicted octanol–water partition coefficient (Wildman–Crippen LogP) is 2.84. The number of fused-ring (bicyclic) bond motifs is 1. The highest BCUT2D eigenvalue weighted by Gasteiger charge is 2.24. The fraction of sp³-hybridized carbons (Fsp3) is 0.250. The molecule has 0 aliphatic carbocycles. The van der Waals surface area contributed by atoms with Crippen molar-refractivity contribution < 1.29 is 19.1 Å². The van der Waals surface area contributed by atoms with E-state index >= 15 is 0 Å². The highest BCUT2D eigenvalue weighted by Crippen LogP contribution is 2.25. The van der Waals surface area contributed by atoms with Crippen LogP contribution in [0.15, 0.2) is 60.7 Å². The summed E-state index contributed by atoms with van der Waals surface area (Å²) >= 11 is 0. The smallest absolute Gasteiger partial charge is 0.328 e. The van der Waals surface area contributed by atoms with E-state index in [4.69, 9.17) is 14.5 Å². The summed E-state index contributed by atoms with van der Waals surface area (Å²) in [6.07, 6.45) is 0.188. The third-order valence-corrected chi connectivity index (χ3v) is 5.23. The van der Waals surface area contributed by atoms with E-state index < -0.39 is 18.0 Å². The van der Waals surface area contributed by atoms with Crippen molar-refractivity contribution in [2.45, 2.75) is 25.4 Å². The van der Waals surface area contributed by atoms with Crippen molar-refractivity contribution in [3.05, 3.63) is 66.2 Å². The summed E-state index contributed by atoms with van der Waals surface area (Å²) in [6, 6.07) is 18.5. The van der Waals surface area contributed by atoms with Gasteiger partial charge in [0, 0.05) is 12.0 Å². The van der Waals surface area contributed by atoms with Crippen LogP contribution in [0.3, 0.4) is 0 Å². The van der Waals surface area contributed by atoms with Crippen molar-refractivity contribution in [1.29, 1.82) is 0 Å². The number of aromatic nitrogens is 5. The Morgan fingerprint density at radius 1 is 0.971 bits per heavy atom. The molecule has 0 spiro atoms. The first-order valence-corrected chi connectivity index (χ1v) is 10.7. The third kappa shape index (κ3) is 5.17.